The number of imidazole rings is 1. The van der Waals surface area contributed by atoms with Crippen LogP contribution in [0.25, 0.3) is 11.0 Å². The summed E-state index contributed by atoms with van der Waals surface area (Å²) in [7, 11) is 0. The molecule has 3 heterocycles. The van der Waals surface area contributed by atoms with Crippen LogP contribution in [0.1, 0.15) is 18.4 Å². The lowest BCUT2D eigenvalue weighted by Gasteiger charge is -2.10. The molecule has 1 aromatic carbocycles. The second kappa shape index (κ2) is 6.99. The Morgan fingerprint density at radius 1 is 1.33 bits per heavy atom. The van der Waals surface area contributed by atoms with Crippen molar-refractivity contribution >= 4 is 34.5 Å². The van der Waals surface area contributed by atoms with Crippen molar-refractivity contribution in [1.29, 1.82) is 0 Å². The highest BCUT2D eigenvalue weighted by Gasteiger charge is 2.19. The van der Waals surface area contributed by atoms with Crippen LogP contribution in [0.3, 0.4) is 0 Å². The topological polar surface area (TPSA) is 118 Å². The number of carbonyl (C=O) groups is 1. The molecule has 4 N–H and O–H groups in total. The summed E-state index contributed by atoms with van der Waals surface area (Å²) in [5, 5.41) is 0.774. The van der Waals surface area contributed by atoms with Crippen LogP contribution in [0.5, 0.6) is 11.5 Å². The molecule has 0 fully saturated rings. The lowest BCUT2D eigenvalue weighted by Crippen LogP contribution is -2.11. The van der Waals surface area contributed by atoms with E-state index in [1.807, 2.05) is 29.7 Å². The first kappa shape index (κ1) is 17.5. The lowest BCUT2D eigenvalue weighted by molar-refractivity contribution is -0.118. The predicted octanol–water partition coefficient (Wildman–Crippen LogP) is 2.47. The van der Waals surface area contributed by atoms with E-state index in [2.05, 4.69) is 4.98 Å². The van der Waals surface area contributed by atoms with E-state index < -0.39 is 0 Å². The van der Waals surface area contributed by atoms with E-state index in [0.717, 1.165) is 32.6 Å². The average molecular weight is 385 g/mol. The number of fused-ring (bicyclic) bond motifs is 2. The van der Waals surface area contributed by atoms with Gasteiger partial charge in [0.2, 0.25) is 12.7 Å². The third-order valence-electron chi connectivity index (χ3n) is 4.34. The van der Waals surface area contributed by atoms with Gasteiger partial charge in [0.15, 0.2) is 22.5 Å². The average Bonchev–Trinajstić information content (AvgIpc) is 3.21. The molecule has 1 aliphatic heterocycles. The van der Waals surface area contributed by atoms with E-state index in [9.17, 15) is 4.79 Å². The fourth-order valence-corrected chi connectivity index (χ4v) is 4.01. The second-order valence-corrected chi connectivity index (χ2v) is 7.26. The van der Waals surface area contributed by atoms with Crippen molar-refractivity contribution in [1.82, 2.24) is 14.5 Å². The zero-order valence-electron chi connectivity index (χ0n) is 14.8. The number of hydrogen-bond donors (Lipinski definition) is 2. The Morgan fingerprint density at radius 3 is 2.89 bits per heavy atom. The fraction of sp³-hybridized carbons (Fsp3) is 0.278. The van der Waals surface area contributed by atoms with Crippen molar-refractivity contribution < 1.29 is 14.3 Å². The standard InChI is InChI=1S/C18H19N5O3S/c1-10-7-12-13(26-9-25-12)8-14(10)27-18-22-16-11(4-5-21-17(16)20)23(18)6-2-3-15(19)24/h4-5,7-8H,2-3,6,9H2,1H3,(H2,19,24)(H2,20,21). The molecule has 27 heavy (non-hydrogen) atoms. The molecule has 0 bridgehead atoms. The molecule has 9 heteroatoms. The van der Waals surface area contributed by atoms with Gasteiger partial charge < -0.3 is 25.5 Å². The van der Waals surface area contributed by atoms with E-state index in [-0.39, 0.29) is 12.7 Å². The van der Waals surface area contributed by atoms with Gasteiger partial charge in [-0.15, -0.1) is 0 Å². The molecule has 8 nitrogen and oxygen atoms in total. The number of anilines is 1. The normalized spacial score (nSPS) is 12.6. The smallest absolute Gasteiger partial charge is 0.231 e. The van der Waals surface area contributed by atoms with Crippen LogP contribution in [0, 0.1) is 6.92 Å². The van der Waals surface area contributed by atoms with Gasteiger partial charge in [-0.05, 0) is 37.1 Å². The largest absolute Gasteiger partial charge is 0.454 e. The molecule has 0 saturated heterocycles. The minimum absolute atomic E-state index is 0.233. The number of carbonyl (C=O) groups excluding carboxylic acids is 1. The van der Waals surface area contributed by atoms with Crippen LogP contribution in [0.15, 0.2) is 34.4 Å². The Morgan fingerprint density at radius 2 is 2.11 bits per heavy atom. The summed E-state index contributed by atoms with van der Waals surface area (Å²) in [6.45, 7) is 2.85. The summed E-state index contributed by atoms with van der Waals surface area (Å²) in [4.78, 5) is 20.9. The SMILES string of the molecule is Cc1cc2c(cc1Sc1nc3c(N)nccc3n1CCCC(N)=O)OCO2. The first-order valence-corrected chi connectivity index (χ1v) is 9.31. The number of hydrogen-bond acceptors (Lipinski definition) is 7. The second-order valence-electron chi connectivity index (χ2n) is 6.25. The Balaban J connectivity index is 1.72. The number of amides is 1. The highest BCUT2D eigenvalue weighted by Crippen LogP contribution is 2.41. The molecule has 0 radical (unpaired) electrons. The molecule has 140 valence electrons. The zero-order chi connectivity index (χ0) is 19.0. The van der Waals surface area contributed by atoms with E-state index in [1.54, 1.807) is 6.20 Å². The van der Waals surface area contributed by atoms with Gasteiger partial charge >= 0.3 is 0 Å². The number of rotatable bonds is 6. The van der Waals surface area contributed by atoms with Gasteiger partial charge in [0.05, 0.1) is 5.52 Å². The summed E-state index contributed by atoms with van der Waals surface area (Å²) >= 11 is 1.52. The molecular formula is C18H19N5O3S. The van der Waals surface area contributed by atoms with Crippen molar-refractivity contribution in [3.05, 3.63) is 30.0 Å². The third kappa shape index (κ3) is 3.37. The van der Waals surface area contributed by atoms with Crippen molar-refractivity contribution in [2.75, 3.05) is 12.5 Å². The maximum absolute atomic E-state index is 11.1. The van der Waals surface area contributed by atoms with Gasteiger partial charge in [-0.1, -0.05) is 11.8 Å². The molecule has 0 aliphatic carbocycles. The number of nitrogens with two attached hydrogens (primary N) is 2. The first-order valence-electron chi connectivity index (χ1n) is 8.50. The fourth-order valence-electron chi connectivity index (χ4n) is 2.99. The molecule has 0 saturated carbocycles. The Kier molecular flexibility index (Phi) is 4.53. The minimum Gasteiger partial charge on any atom is -0.454 e. The van der Waals surface area contributed by atoms with Crippen molar-refractivity contribution in [3.63, 3.8) is 0 Å². The van der Waals surface area contributed by atoms with E-state index in [0.29, 0.717) is 30.7 Å². The summed E-state index contributed by atoms with van der Waals surface area (Å²) in [6.07, 6.45) is 2.59. The van der Waals surface area contributed by atoms with Gasteiger partial charge in [0.25, 0.3) is 0 Å². The van der Waals surface area contributed by atoms with Crippen molar-refractivity contribution in [2.24, 2.45) is 5.73 Å². The summed E-state index contributed by atoms with van der Waals surface area (Å²) in [5.41, 5.74) is 13.9. The van der Waals surface area contributed by atoms with Crippen LogP contribution in [0.4, 0.5) is 5.82 Å². The predicted molar refractivity (Wildman–Crippen MR) is 102 cm³/mol. The van der Waals surface area contributed by atoms with Crippen LogP contribution in [-0.4, -0.2) is 27.2 Å². The highest BCUT2D eigenvalue weighted by molar-refractivity contribution is 7.99. The van der Waals surface area contributed by atoms with Gasteiger partial charge in [-0.25, -0.2) is 9.97 Å². The number of nitrogens with zero attached hydrogens (tertiary/aromatic N) is 3. The number of pyridine rings is 1. The van der Waals surface area contributed by atoms with Gasteiger partial charge in [-0.3, -0.25) is 4.79 Å². The summed E-state index contributed by atoms with van der Waals surface area (Å²) in [6, 6.07) is 5.79. The molecule has 0 spiro atoms. The van der Waals surface area contributed by atoms with Crippen LogP contribution in [0.2, 0.25) is 0 Å². The molecule has 2 aromatic heterocycles. The molecule has 0 unspecified atom stereocenters. The number of primary amides is 1. The molecule has 1 aliphatic rings. The van der Waals surface area contributed by atoms with Crippen molar-refractivity contribution in [2.45, 2.75) is 36.4 Å². The maximum Gasteiger partial charge on any atom is 0.231 e. The highest BCUT2D eigenvalue weighted by atomic mass is 32.2. The Hall–Kier alpha value is -2.94. The van der Waals surface area contributed by atoms with E-state index in [4.69, 9.17) is 25.9 Å². The Bertz CT molecular complexity index is 1030. The monoisotopic (exact) mass is 385 g/mol. The van der Waals surface area contributed by atoms with Gasteiger partial charge in [-0.2, -0.15) is 0 Å². The number of aromatic nitrogens is 3. The third-order valence-corrected chi connectivity index (χ3v) is 5.49. The molecule has 4 rings (SSSR count). The summed E-state index contributed by atoms with van der Waals surface area (Å²) < 4.78 is 13.0. The van der Waals surface area contributed by atoms with Crippen molar-refractivity contribution in [3.8, 4) is 11.5 Å². The number of benzene rings is 1. The zero-order valence-corrected chi connectivity index (χ0v) is 15.6. The number of aryl methyl sites for hydroxylation is 2. The van der Waals surface area contributed by atoms with Crippen LogP contribution >= 0.6 is 11.8 Å². The number of nitrogen functional groups attached to an aromatic ring is 1. The van der Waals surface area contributed by atoms with Crippen LogP contribution in [-0.2, 0) is 11.3 Å². The maximum atomic E-state index is 11.1. The molecule has 0 atom stereocenters. The molecule has 3 aromatic rings. The first-order chi connectivity index (χ1) is 13.0. The minimum atomic E-state index is -0.318. The lowest BCUT2D eigenvalue weighted by atomic mass is 10.2. The quantitative estimate of drug-likeness (QED) is 0.669. The summed E-state index contributed by atoms with van der Waals surface area (Å²) in [5.74, 6) is 1.53. The Labute approximate surface area is 159 Å². The van der Waals surface area contributed by atoms with Gasteiger partial charge in [0, 0.05) is 24.1 Å². The van der Waals surface area contributed by atoms with Gasteiger partial charge in [0.1, 0.15) is 5.52 Å². The molecule has 1 amide bonds. The number of ether oxygens (including phenoxy) is 2. The van der Waals surface area contributed by atoms with Crippen LogP contribution < -0.4 is 20.9 Å². The van der Waals surface area contributed by atoms with E-state index >= 15 is 0 Å². The van der Waals surface area contributed by atoms with E-state index in [1.165, 1.54) is 11.8 Å². The molecular weight excluding hydrogens is 366 g/mol.